The Bertz CT molecular complexity index is 1610. The average Bonchev–Trinajstić information content (AvgIpc) is 3.51. The summed E-state index contributed by atoms with van der Waals surface area (Å²) in [6.07, 6.45) is 107. The van der Waals surface area contributed by atoms with Crippen molar-refractivity contribution in [2.75, 3.05) is 13.2 Å². The fraction of sp³-hybridized carbons (Fsp3) is 0.747. The molecule has 0 radical (unpaired) electrons. The molecule has 0 spiro atoms. The van der Waals surface area contributed by atoms with Gasteiger partial charge in [-0.2, -0.15) is 0 Å². The van der Waals surface area contributed by atoms with Crippen LogP contribution in [0.25, 0.3) is 0 Å². The second-order valence-corrected chi connectivity index (χ2v) is 24.3. The zero-order valence-corrected chi connectivity index (χ0v) is 55.6. The molecule has 1 atom stereocenters. The van der Waals surface area contributed by atoms with Gasteiger partial charge in [-0.3, -0.25) is 9.59 Å². The van der Waals surface area contributed by atoms with E-state index in [4.69, 9.17) is 9.47 Å². The van der Waals surface area contributed by atoms with Crippen molar-refractivity contribution in [3.63, 3.8) is 0 Å². The van der Waals surface area contributed by atoms with E-state index in [1.54, 1.807) is 0 Å². The molecule has 0 fully saturated rings. The number of aliphatic hydroxyl groups is 1. The Labute approximate surface area is 522 Å². The van der Waals surface area contributed by atoms with Gasteiger partial charge in [-0.05, 0) is 96.3 Å². The minimum absolute atomic E-state index is 0.0642. The van der Waals surface area contributed by atoms with Crippen LogP contribution in [-0.4, -0.2) is 36.4 Å². The van der Waals surface area contributed by atoms with Crippen molar-refractivity contribution < 1.29 is 24.2 Å². The highest BCUT2D eigenvalue weighted by atomic mass is 16.6. The highest BCUT2D eigenvalue weighted by molar-refractivity contribution is 5.70. The van der Waals surface area contributed by atoms with Gasteiger partial charge in [0.15, 0.2) is 6.10 Å². The maximum atomic E-state index is 12.4. The van der Waals surface area contributed by atoms with Crippen molar-refractivity contribution in [2.45, 2.75) is 367 Å². The van der Waals surface area contributed by atoms with E-state index in [2.05, 4.69) is 123 Å². The van der Waals surface area contributed by atoms with Gasteiger partial charge in [-0.25, -0.2) is 0 Å². The summed E-state index contributed by atoms with van der Waals surface area (Å²) >= 11 is 0. The number of unbranched alkanes of at least 4 members (excludes halogenated alkanes) is 41. The number of allylic oxidation sites excluding steroid dienone is 18. The molecule has 0 heterocycles. The van der Waals surface area contributed by atoms with Crippen LogP contribution in [0.2, 0.25) is 0 Å². The van der Waals surface area contributed by atoms with Gasteiger partial charge in [0.2, 0.25) is 0 Å². The standard InChI is InChI=1S/C79H138O5/c1-3-5-7-9-11-13-15-17-19-21-23-25-27-29-31-33-35-37-38-39-40-42-43-45-47-49-51-53-55-57-59-61-63-65-67-69-71-73-78(81)83-76-77(75-80)84-79(82)74-72-70-68-66-64-62-60-58-56-54-52-50-48-46-44-41-36-34-32-30-28-26-24-22-20-18-16-14-12-10-8-6-4-2/h5-8,11-14,17-20,23-26,30,32,77,80H,3-4,9-10,15-16,21-22,27-29,31,33-76H2,1-2H3/b7-5-,8-6-,13-11-,14-12-,19-17-,20-18-,25-23-,26-24-,32-30-. The molecule has 5 heteroatoms. The molecule has 1 unspecified atom stereocenters. The van der Waals surface area contributed by atoms with Crippen LogP contribution in [-0.2, 0) is 19.1 Å². The number of ether oxygens (including phenoxy) is 2. The maximum Gasteiger partial charge on any atom is 0.306 e. The molecule has 0 aliphatic carbocycles. The fourth-order valence-corrected chi connectivity index (χ4v) is 10.7. The number of carbonyl (C=O) groups is 2. The Morgan fingerprint density at radius 3 is 0.714 bits per heavy atom. The minimum atomic E-state index is -0.776. The van der Waals surface area contributed by atoms with Gasteiger partial charge in [-0.1, -0.05) is 361 Å². The molecule has 0 bridgehead atoms. The molecule has 0 aliphatic heterocycles. The lowest BCUT2D eigenvalue weighted by Crippen LogP contribution is -2.28. The molecule has 84 heavy (non-hydrogen) atoms. The molecule has 0 rings (SSSR count). The van der Waals surface area contributed by atoms with E-state index in [9.17, 15) is 14.7 Å². The molecule has 0 aromatic carbocycles. The van der Waals surface area contributed by atoms with Crippen LogP contribution in [0.15, 0.2) is 109 Å². The van der Waals surface area contributed by atoms with Crippen LogP contribution in [0, 0.1) is 0 Å². The summed E-state index contributed by atoms with van der Waals surface area (Å²) in [7, 11) is 0. The van der Waals surface area contributed by atoms with Gasteiger partial charge in [0.25, 0.3) is 0 Å². The van der Waals surface area contributed by atoms with Crippen LogP contribution in [0.1, 0.15) is 361 Å². The molecule has 0 saturated carbocycles. The lowest BCUT2D eigenvalue weighted by molar-refractivity contribution is -0.161. The third-order valence-electron chi connectivity index (χ3n) is 16.1. The summed E-state index contributed by atoms with van der Waals surface area (Å²) in [5.74, 6) is -0.574. The first kappa shape index (κ1) is 80.6. The Balaban J connectivity index is 3.41. The smallest absolute Gasteiger partial charge is 0.306 e. The largest absolute Gasteiger partial charge is 0.462 e. The third-order valence-corrected chi connectivity index (χ3v) is 16.1. The zero-order chi connectivity index (χ0) is 60.5. The summed E-state index contributed by atoms with van der Waals surface area (Å²) in [6.45, 7) is 3.95. The van der Waals surface area contributed by atoms with Crippen LogP contribution in [0.3, 0.4) is 0 Å². The van der Waals surface area contributed by atoms with E-state index in [0.29, 0.717) is 12.8 Å². The van der Waals surface area contributed by atoms with E-state index >= 15 is 0 Å². The number of hydrogen-bond donors (Lipinski definition) is 1. The van der Waals surface area contributed by atoms with Crippen LogP contribution in [0.5, 0.6) is 0 Å². The van der Waals surface area contributed by atoms with E-state index in [1.165, 1.54) is 238 Å². The number of rotatable bonds is 67. The maximum absolute atomic E-state index is 12.4. The summed E-state index contributed by atoms with van der Waals surface area (Å²) in [6, 6.07) is 0. The zero-order valence-electron chi connectivity index (χ0n) is 55.6. The SMILES string of the molecule is CC/C=C\C/C=C\C/C=C\C/C=C\C/C=C\CCCCCCCCCCCCCCCCCCCC(=O)OC(CO)COC(=O)CCCCCCCCCCCCCCCCCCCCCCCCCC/C=C\C/C=C\C/C=C\C/C=C\CC. The number of carbonyl (C=O) groups excluding carboxylic acids is 2. The molecule has 0 aliphatic rings. The molecule has 484 valence electrons. The lowest BCUT2D eigenvalue weighted by atomic mass is 10.0. The van der Waals surface area contributed by atoms with Crippen molar-refractivity contribution in [1.29, 1.82) is 0 Å². The first-order valence-electron chi connectivity index (χ1n) is 36.4. The summed E-state index contributed by atoms with van der Waals surface area (Å²) in [5.41, 5.74) is 0. The van der Waals surface area contributed by atoms with E-state index < -0.39 is 6.10 Å². The molecular weight excluding hydrogens is 1030 g/mol. The van der Waals surface area contributed by atoms with Crippen LogP contribution in [0.4, 0.5) is 0 Å². The molecular formula is C79H138O5. The molecule has 0 amide bonds. The van der Waals surface area contributed by atoms with Gasteiger partial charge in [0, 0.05) is 12.8 Å². The first-order valence-corrected chi connectivity index (χ1v) is 36.4. The van der Waals surface area contributed by atoms with Gasteiger partial charge in [-0.15, -0.1) is 0 Å². The van der Waals surface area contributed by atoms with Crippen molar-refractivity contribution in [3.05, 3.63) is 109 Å². The number of hydrogen-bond acceptors (Lipinski definition) is 5. The predicted octanol–water partition coefficient (Wildman–Crippen LogP) is 25.5. The summed E-state index contributed by atoms with van der Waals surface area (Å²) < 4.78 is 10.8. The Morgan fingerprint density at radius 2 is 0.476 bits per heavy atom. The monoisotopic (exact) mass is 1170 g/mol. The lowest BCUT2D eigenvalue weighted by Gasteiger charge is -2.15. The van der Waals surface area contributed by atoms with Gasteiger partial charge >= 0.3 is 11.9 Å². The van der Waals surface area contributed by atoms with Crippen LogP contribution >= 0.6 is 0 Å². The number of esters is 2. The Hall–Kier alpha value is -3.44. The minimum Gasteiger partial charge on any atom is -0.462 e. The van der Waals surface area contributed by atoms with Crippen molar-refractivity contribution in [1.82, 2.24) is 0 Å². The predicted molar refractivity (Wildman–Crippen MR) is 371 cm³/mol. The molecule has 0 aromatic rings. The normalized spacial score (nSPS) is 12.8. The molecule has 1 N–H and O–H groups in total. The van der Waals surface area contributed by atoms with E-state index in [-0.39, 0.29) is 25.2 Å². The topological polar surface area (TPSA) is 72.8 Å². The molecule has 0 saturated heterocycles. The average molecular weight is 1170 g/mol. The Morgan fingerprint density at radius 1 is 0.274 bits per heavy atom. The van der Waals surface area contributed by atoms with Crippen molar-refractivity contribution in [3.8, 4) is 0 Å². The Kier molecular flexibility index (Phi) is 70.8. The second-order valence-electron chi connectivity index (χ2n) is 24.3. The van der Waals surface area contributed by atoms with Gasteiger partial charge in [0.05, 0.1) is 6.61 Å². The van der Waals surface area contributed by atoms with E-state index in [1.807, 2.05) is 0 Å². The van der Waals surface area contributed by atoms with Crippen molar-refractivity contribution >= 4 is 11.9 Å². The fourth-order valence-electron chi connectivity index (χ4n) is 10.7. The van der Waals surface area contributed by atoms with Gasteiger partial charge < -0.3 is 14.6 Å². The highest BCUT2D eigenvalue weighted by Gasteiger charge is 2.16. The quantitative estimate of drug-likeness (QED) is 0.0373. The van der Waals surface area contributed by atoms with E-state index in [0.717, 1.165) is 96.3 Å². The number of aliphatic hydroxyl groups excluding tert-OH is 1. The summed E-state index contributed by atoms with van der Waals surface area (Å²) in [5, 5.41) is 9.71. The highest BCUT2D eigenvalue weighted by Crippen LogP contribution is 2.18. The van der Waals surface area contributed by atoms with Gasteiger partial charge in [0.1, 0.15) is 6.61 Å². The van der Waals surface area contributed by atoms with Crippen molar-refractivity contribution in [2.24, 2.45) is 0 Å². The third kappa shape index (κ3) is 71.0. The molecule has 5 nitrogen and oxygen atoms in total. The summed E-state index contributed by atoms with van der Waals surface area (Å²) in [4.78, 5) is 24.7. The van der Waals surface area contributed by atoms with Crippen LogP contribution < -0.4 is 0 Å². The molecule has 0 aromatic heterocycles. The second kappa shape index (κ2) is 73.8. The first-order chi connectivity index (χ1) is 41.6.